The first kappa shape index (κ1) is 13.8. The molecule has 21 heavy (non-hydrogen) atoms. The Morgan fingerprint density at radius 2 is 1.57 bits per heavy atom. The van der Waals surface area contributed by atoms with Gasteiger partial charge in [0.15, 0.2) is 0 Å². The second kappa shape index (κ2) is 6.10. The van der Waals surface area contributed by atoms with E-state index < -0.39 is 0 Å². The van der Waals surface area contributed by atoms with Gasteiger partial charge in [-0.25, -0.2) is 4.98 Å². The second-order valence-corrected chi connectivity index (χ2v) is 5.24. The molecule has 3 nitrogen and oxygen atoms in total. The third-order valence-corrected chi connectivity index (χ3v) is 3.66. The lowest BCUT2D eigenvalue weighted by Crippen LogP contribution is -2.12. The van der Waals surface area contributed by atoms with Crippen molar-refractivity contribution in [3.05, 3.63) is 48.5 Å². The first-order chi connectivity index (χ1) is 10.3. The van der Waals surface area contributed by atoms with Crippen LogP contribution >= 0.6 is 11.6 Å². The number of nitrogens with zero attached hydrogens (tertiary/aromatic N) is 1. The summed E-state index contributed by atoms with van der Waals surface area (Å²) < 4.78 is 0. The number of halogens is 1. The van der Waals surface area contributed by atoms with Crippen molar-refractivity contribution < 1.29 is 4.79 Å². The van der Waals surface area contributed by atoms with E-state index in [4.69, 9.17) is 11.6 Å². The quantitative estimate of drug-likeness (QED) is 0.575. The van der Waals surface area contributed by atoms with Gasteiger partial charge in [0.25, 0.3) is 0 Å². The third kappa shape index (κ3) is 2.83. The summed E-state index contributed by atoms with van der Waals surface area (Å²) in [5, 5.41) is 4.93. The van der Waals surface area contributed by atoms with E-state index in [0.717, 1.165) is 27.5 Å². The molecule has 0 saturated heterocycles. The molecular formula is C17H15ClN2O. The summed E-state index contributed by atoms with van der Waals surface area (Å²) >= 11 is 5.65. The summed E-state index contributed by atoms with van der Waals surface area (Å²) in [5.41, 5.74) is 2.59. The van der Waals surface area contributed by atoms with Crippen LogP contribution in [0.15, 0.2) is 48.5 Å². The van der Waals surface area contributed by atoms with Crippen molar-refractivity contribution in [2.45, 2.75) is 12.8 Å². The van der Waals surface area contributed by atoms with Crippen LogP contribution in [0.25, 0.3) is 21.8 Å². The van der Waals surface area contributed by atoms with E-state index in [1.807, 2.05) is 48.5 Å². The molecule has 3 aromatic rings. The Labute approximate surface area is 127 Å². The molecule has 3 rings (SSSR count). The molecule has 0 saturated carbocycles. The second-order valence-electron chi connectivity index (χ2n) is 4.86. The van der Waals surface area contributed by atoms with Crippen LogP contribution < -0.4 is 5.32 Å². The van der Waals surface area contributed by atoms with Gasteiger partial charge in [0.05, 0.1) is 16.7 Å². The number of carbonyl (C=O) groups excluding carboxylic acids is 1. The van der Waals surface area contributed by atoms with Crippen LogP contribution in [0, 0.1) is 0 Å². The molecule has 1 aromatic heterocycles. The molecule has 1 amide bonds. The fourth-order valence-electron chi connectivity index (χ4n) is 2.40. The highest BCUT2D eigenvalue weighted by Gasteiger charge is 2.11. The number of benzene rings is 2. The third-order valence-electron chi connectivity index (χ3n) is 3.39. The fourth-order valence-corrected chi connectivity index (χ4v) is 2.54. The van der Waals surface area contributed by atoms with Gasteiger partial charge in [-0.1, -0.05) is 36.4 Å². The summed E-state index contributed by atoms with van der Waals surface area (Å²) in [6, 6.07) is 15.7. The highest BCUT2D eigenvalue weighted by molar-refractivity contribution is 6.18. The van der Waals surface area contributed by atoms with E-state index in [2.05, 4.69) is 10.3 Å². The Balaban J connectivity index is 2.13. The van der Waals surface area contributed by atoms with E-state index in [9.17, 15) is 4.79 Å². The molecule has 0 aliphatic carbocycles. The molecular weight excluding hydrogens is 284 g/mol. The number of anilines is 1. The van der Waals surface area contributed by atoms with Crippen LogP contribution in [0.3, 0.4) is 0 Å². The topological polar surface area (TPSA) is 42.0 Å². The summed E-state index contributed by atoms with van der Waals surface area (Å²) in [5.74, 6) is 0.475. The Morgan fingerprint density at radius 1 is 1.00 bits per heavy atom. The van der Waals surface area contributed by atoms with Crippen molar-refractivity contribution in [3.63, 3.8) is 0 Å². The van der Waals surface area contributed by atoms with Crippen molar-refractivity contribution in [3.8, 4) is 0 Å². The maximum absolute atomic E-state index is 12.1. The SMILES string of the molecule is O=C(CCCCl)Nc1c2ccccc2nc2ccccc12. The lowest BCUT2D eigenvalue weighted by atomic mass is 10.1. The molecule has 0 bridgehead atoms. The number of pyridine rings is 1. The van der Waals surface area contributed by atoms with Crippen LogP contribution in [0.1, 0.15) is 12.8 Å². The molecule has 2 aromatic carbocycles. The molecule has 0 aliphatic heterocycles. The van der Waals surface area contributed by atoms with E-state index in [-0.39, 0.29) is 5.91 Å². The van der Waals surface area contributed by atoms with Crippen molar-refractivity contribution >= 4 is 45.0 Å². The average Bonchev–Trinajstić information content (AvgIpc) is 2.52. The average molecular weight is 299 g/mol. The zero-order valence-corrected chi connectivity index (χ0v) is 12.2. The molecule has 0 fully saturated rings. The largest absolute Gasteiger partial charge is 0.325 e. The molecule has 0 radical (unpaired) electrons. The van der Waals surface area contributed by atoms with Crippen molar-refractivity contribution in [2.24, 2.45) is 0 Å². The molecule has 1 heterocycles. The number of rotatable bonds is 4. The predicted molar refractivity (Wildman–Crippen MR) is 87.8 cm³/mol. The van der Waals surface area contributed by atoms with Crippen LogP contribution in [0.2, 0.25) is 0 Å². The van der Waals surface area contributed by atoms with Crippen LogP contribution in [0.5, 0.6) is 0 Å². The maximum Gasteiger partial charge on any atom is 0.224 e. The van der Waals surface area contributed by atoms with E-state index in [1.165, 1.54) is 0 Å². The molecule has 106 valence electrons. The van der Waals surface area contributed by atoms with Gasteiger partial charge in [-0.2, -0.15) is 0 Å². The Hall–Kier alpha value is -2.13. The number of carbonyl (C=O) groups is 1. The minimum Gasteiger partial charge on any atom is -0.325 e. The Bertz CT molecular complexity index is 747. The fraction of sp³-hybridized carbons (Fsp3) is 0.176. The Morgan fingerprint density at radius 3 is 2.14 bits per heavy atom. The van der Waals surface area contributed by atoms with Gasteiger partial charge < -0.3 is 5.32 Å². The molecule has 0 unspecified atom stereocenters. The maximum atomic E-state index is 12.1. The number of aromatic nitrogens is 1. The first-order valence-corrected chi connectivity index (χ1v) is 7.46. The van der Waals surface area contributed by atoms with E-state index in [0.29, 0.717) is 18.7 Å². The van der Waals surface area contributed by atoms with Gasteiger partial charge in [-0.3, -0.25) is 4.79 Å². The van der Waals surface area contributed by atoms with Gasteiger partial charge in [0.1, 0.15) is 0 Å². The minimum atomic E-state index is -0.0165. The molecule has 1 N–H and O–H groups in total. The number of fused-ring (bicyclic) bond motifs is 2. The number of nitrogens with one attached hydrogen (secondary N) is 1. The monoisotopic (exact) mass is 298 g/mol. The number of para-hydroxylation sites is 2. The summed E-state index contributed by atoms with van der Waals surface area (Å²) in [4.78, 5) is 16.7. The molecule has 0 spiro atoms. The Kier molecular flexibility index (Phi) is 4.02. The zero-order valence-electron chi connectivity index (χ0n) is 11.5. The van der Waals surface area contributed by atoms with Crippen LogP contribution in [-0.4, -0.2) is 16.8 Å². The first-order valence-electron chi connectivity index (χ1n) is 6.93. The highest BCUT2D eigenvalue weighted by Crippen LogP contribution is 2.30. The van der Waals surface area contributed by atoms with Crippen LogP contribution in [-0.2, 0) is 4.79 Å². The summed E-state index contributed by atoms with van der Waals surface area (Å²) in [6.45, 7) is 0. The number of alkyl halides is 1. The van der Waals surface area contributed by atoms with Crippen molar-refractivity contribution in [2.75, 3.05) is 11.2 Å². The molecule has 0 atom stereocenters. The van der Waals surface area contributed by atoms with Gasteiger partial charge in [-0.15, -0.1) is 11.6 Å². The highest BCUT2D eigenvalue weighted by atomic mass is 35.5. The van der Waals surface area contributed by atoms with Gasteiger partial charge in [-0.05, 0) is 18.6 Å². The normalized spacial score (nSPS) is 10.9. The number of hydrogen-bond acceptors (Lipinski definition) is 2. The van der Waals surface area contributed by atoms with Gasteiger partial charge in [0, 0.05) is 23.1 Å². The standard InChI is InChI=1S/C17H15ClN2O/c18-11-5-10-16(21)20-17-12-6-1-3-8-14(12)19-15-9-4-2-7-13(15)17/h1-4,6-9H,5,10-11H2,(H,19,20,21). The van der Waals surface area contributed by atoms with Crippen molar-refractivity contribution in [1.82, 2.24) is 4.98 Å². The smallest absolute Gasteiger partial charge is 0.224 e. The van der Waals surface area contributed by atoms with Crippen molar-refractivity contribution in [1.29, 1.82) is 0 Å². The van der Waals surface area contributed by atoms with Gasteiger partial charge in [0.2, 0.25) is 5.91 Å². The summed E-state index contributed by atoms with van der Waals surface area (Å²) in [6.07, 6.45) is 1.10. The lowest BCUT2D eigenvalue weighted by Gasteiger charge is -2.12. The number of hydrogen-bond donors (Lipinski definition) is 1. The van der Waals surface area contributed by atoms with E-state index in [1.54, 1.807) is 0 Å². The minimum absolute atomic E-state index is 0.0165. The van der Waals surface area contributed by atoms with Crippen LogP contribution in [0.4, 0.5) is 5.69 Å². The van der Waals surface area contributed by atoms with E-state index >= 15 is 0 Å². The lowest BCUT2D eigenvalue weighted by molar-refractivity contribution is -0.116. The zero-order chi connectivity index (χ0) is 14.7. The number of amides is 1. The molecule has 0 aliphatic rings. The molecule has 4 heteroatoms. The predicted octanol–water partition coefficient (Wildman–Crippen LogP) is 4.35. The van der Waals surface area contributed by atoms with Gasteiger partial charge >= 0.3 is 0 Å². The summed E-state index contributed by atoms with van der Waals surface area (Å²) in [7, 11) is 0.